The number of nitrogens with two attached hydrogens (primary N) is 1. The molecule has 0 unspecified atom stereocenters. The second kappa shape index (κ2) is 11.7. The van der Waals surface area contributed by atoms with Crippen LogP contribution in [0.1, 0.15) is 50.3 Å². The first-order chi connectivity index (χ1) is 17.0. The van der Waals surface area contributed by atoms with Crippen LogP contribution in [0.25, 0.3) is 0 Å². The lowest BCUT2D eigenvalue weighted by Crippen LogP contribution is -2.54. The highest BCUT2D eigenvalue weighted by molar-refractivity contribution is 5.95. The summed E-state index contributed by atoms with van der Waals surface area (Å²) in [6.45, 7) is 6.00. The Bertz CT molecular complexity index is 1080. The zero-order valence-electron chi connectivity index (χ0n) is 21.0. The lowest BCUT2D eigenvalue weighted by Gasteiger charge is -2.29. The predicted molar refractivity (Wildman–Crippen MR) is 137 cm³/mol. The minimum atomic E-state index is -0.866. The maximum absolute atomic E-state index is 13.6. The van der Waals surface area contributed by atoms with Gasteiger partial charge in [0.15, 0.2) is 0 Å². The number of rotatable bonds is 8. The molecule has 2 atom stereocenters. The number of hydrogen-bond donors (Lipinski definition) is 4. The minimum absolute atomic E-state index is 0.0178. The Morgan fingerprint density at radius 1 is 1.08 bits per heavy atom. The second-order valence-corrected chi connectivity index (χ2v) is 9.91. The van der Waals surface area contributed by atoms with Crippen molar-refractivity contribution in [3.8, 4) is 0 Å². The fraction of sp³-hybridized carbons (Fsp3) is 0.407. The Labute approximate surface area is 211 Å². The summed E-state index contributed by atoms with van der Waals surface area (Å²) in [5.41, 5.74) is 7.14. The Morgan fingerprint density at radius 2 is 1.75 bits per heavy atom. The lowest BCUT2D eigenvalue weighted by molar-refractivity contribution is -0.140. The van der Waals surface area contributed by atoms with Gasteiger partial charge in [-0.3, -0.25) is 15.0 Å². The molecule has 0 aromatic heterocycles. The van der Waals surface area contributed by atoms with E-state index in [4.69, 9.17) is 15.9 Å². The van der Waals surface area contributed by atoms with Crippen molar-refractivity contribution in [3.05, 3.63) is 71.3 Å². The zero-order chi connectivity index (χ0) is 26.3. The van der Waals surface area contributed by atoms with Crippen LogP contribution in [-0.2, 0) is 27.3 Å². The van der Waals surface area contributed by atoms with Crippen molar-refractivity contribution in [2.75, 3.05) is 6.54 Å². The molecule has 0 radical (unpaired) electrons. The number of benzene rings is 2. The largest absolute Gasteiger partial charge is 0.444 e. The number of carbonyl (C=O) groups excluding carboxylic acids is 3. The highest BCUT2D eigenvalue weighted by Gasteiger charge is 2.38. The second-order valence-electron chi connectivity index (χ2n) is 9.91. The molecule has 3 amide bonds. The predicted octanol–water partition coefficient (Wildman–Crippen LogP) is 2.71. The normalized spacial score (nSPS) is 16.2. The van der Waals surface area contributed by atoms with E-state index in [0.717, 1.165) is 11.1 Å². The molecule has 36 heavy (non-hydrogen) atoms. The van der Waals surface area contributed by atoms with Gasteiger partial charge in [0.1, 0.15) is 23.5 Å². The summed E-state index contributed by atoms with van der Waals surface area (Å²) >= 11 is 0. The maximum atomic E-state index is 13.6. The number of nitrogens with zero attached hydrogens (tertiary/aromatic N) is 1. The van der Waals surface area contributed by atoms with Gasteiger partial charge in [-0.15, -0.1) is 0 Å². The fourth-order valence-electron chi connectivity index (χ4n) is 4.11. The SMILES string of the molecule is CC(C)(C)OC(=O)N[C@H](Cc1ccccc1)C(=O)N1CCC[C@H]1C(=O)NCc1ccc(C(=N)N)cc1. The number of carbonyl (C=O) groups is 3. The summed E-state index contributed by atoms with van der Waals surface area (Å²) in [6, 6.07) is 15.0. The van der Waals surface area contributed by atoms with E-state index in [0.29, 0.717) is 31.5 Å². The van der Waals surface area contributed by atoms with Crippen LogP contribution >= 0.6 is 0 Å². The van der Waals surface area contributed by atoms with Crippen LogP contribution in [0.4, 0.5) is 4.79 Å². The maximum Gasteiger partial charge on any atom is 0.408 e. The number of nitrogens with one attached hydrogen (secondary N) is 3. The molecule has 0 bridgehead atoms. The van der Waals surface area contributed by atoms with Crippen LogP contribution in [-0.4, -0.2) is 52.9 Å². The van der Waals surface area contributed by atoms with Crippen LogP contribution in [0.2, 0.25) is 0 Å². The summed E-state index contributed by atoms with van der Waals surface area (Å²) in [5, 5.41) is 13.1. The summed E-state index contributed by atoms with van der Waals surface area (Å²) in [4.78, 5) is 40.7. The topological polar surface area (TPSA) is 138 Å². The van der Waals surface area contributed by atoms with Gasteiger partial charge in [0.2, 0.25) is 11.8 Å². The molecule has 192 valence electrons. The highest BCUT2D eigenvalue weighted by atomic mass is 16.6. The average molecular weight is 494 g/mol. The van der Waals surface area contributed by atoms with E-state index in [2.05, 4.69) is 10.6 Å². The van der Waals surface area contributed by atoms with Gasteiger partial charge >= 0.3 is 6.09 Å². The highest BCUT2D eigenvalue weighted by Crippen LogP contribution is 2.20. The van der Waals surface area contributed by atoms with E-state index in [-0.39, 0.29) is 24.1 Å². The van der Waals surface area contributed by atoms with Gasteiger partial charge in [-0.2, -0.15) is 0 Å². The molecule has 2 aromatic carbocycles. The van der Waals surface area contributed by atoms with Crippen LogP contribution in [0, 0.1) is 5.41 Å². The van der Waals surface area contributed by atoms with Gasteiger partial charge in [-0.05, 0) is 44.7 Å². The van der Waals surface area contributed by atoms with E-state index in [1.54, 1.807) is 49.9 Å². The molecular weight excluding hydrogens is 458 g/mol. The molecule has 1 fully saturated rings. The third-order valence-corrected chi connectivity index (χ3v) is 5.84. The number of likely N-dealkylation sites (tertiary alicyclic amines) is 1. The van der Waals surface area contributed by atoms with Gasteiger partial charge in [-0.25, -0.2) is 4.79 Å². The Hall–Kier alpha value is -3.88. The summed E-state index contributed by atoms with van der Waals surface area (Å²) < 4.78 is 5.38. The third-order valence-electron chi connectivity index (χ3n) is 5.84. The Morgan fingerprint density at radius 3 is 2.36 bits per heavy atom. The van der Waals surface area contributed by atoms with Crippen LogP contribution in [0.3, 0.4) is 0 Å². The summed E-state index contributed by atoms with van der Waals surface area (Å²) in [5.74, 6) is -0.573. The lowest BCUT2D eigenvalue weighted by atomic mass is 10.0. The molecule has 1 aliphatic rings. The van der Waals surface area contributed by atoms with Crippen molar-refractivity contribution in [3.63, 3.8) is 0 Å². The van der Waals surface area contributed by atoms with E-state index in [9.17, 15) is 14.4 Å². The van der Waals surface area contributed by atoms with Crippen molar-refractivity contribution >= 4 is 23.7 Å². The molecule has 3 rings (SSSR count). The number of alkyl carbamates (subject to hydrolysis) is 1. The van der Waals surface area contributed by atoms with E-state index >= 15 is 0 Å². The molecule has 9 nitrogen and oxygen atoms in total. The van der Waals surface area contributed by atoms with Gasteiger partial charge in [-0.1, -0.05) is 54.6 Å². The number of ether oxygens (including phenoxy) is 1. The first kappa shape index (κ1) is 26.7. The molecular formula is C27H35N5O4. The molecule has 0 saturated carbocycles. The van der Waals surface area contributed by atoms with Gasteiger partial charge < -0.3 is 26.0 Å². The van der Waals surface area contributed by atoms with Crippen molar-refractivity contribution in [2.45, 2.75) is 64.3 Å². The average Bonchev–Trinajstić information content (AvgIpc) is 3.31. The first-order valence-corrected chi connectivity index (χ1v) is 12.1. The number of amidine groups is 1. The van der Waals surface area contributed by atoms with Crippen molar-refractivity contribution < 1.29 is 19.1 Å². The van der Waals surface area contributed by atoms with Crippen molar-refractivity contribution in [1.82, 2.24) is 15.5 Å². The third kappa shape index (κ3) is 7.56. The zero-order valence-corrected chi connectivity index (χ0v) is 21.0. The fourth-order valence-corrected chi connectivity index (χ4v) is 4.11. The molecule has 9 heteroatoms. The smallest absolute Gasteiger partial charge is 0.408 e. The van der Waals surface area contributed by atoms with E-state index in [1.807, 2.05) is 30.3 Å². The quantitative estimate of drug-likeness (QED) is 0.331. The molecule has 0 spiro atoms. The number of nitrogen functional groups attached to an aromatic ring is 1. The van der Waals surface area contributed by atoms with Crippen molar-refractivity contribution in [1.29, 1.82) is 5.41 Å². The Balaban J connectivity index is 1.69. The van der Waals surface area contributed by atoms with E-state index < -0.39 is 23.8 Å². The number of amides is 3. The molecule has 5 N–H and O–H groups in total. The number of hydrogen-bond acceptors (Lipinski definition) is 5. The molecule has 0 aliphatic carbocycles. The minimum Gasteiger partial charge on any atom is -0.444 e. The van der Waals surface area contributed by atoms with Gasteiger partial charge in [0.05, 0.1) is 0 Å². The standard InChI is InChI=1S/C27H35N5O4/c1-27(2,3)36-26(35)31-21(16-18-8-5-4-6-9-18)25(34)32-15-7-10-22(32)24(33)30-17-19-11-13-20(14-12-19)23(28)29/h4-6,8-9,11-14,21-22H,7,10,15-17H2,1-3H3,(H3,28,29)(H,30,33)(H,31,35)/t21-,22+/m1/s1. The first-order valence-electron chi connectivity index (χ1n) is 12.1. The summed E-state index contributed by atoms with van der Waals surface area (Å²) in [7, 11) is 0. The molecule has 1 aliphatic heterocycles. The van der Waals surface area contributed by atoms with Gasteiger partial charge in [0.25, 0.3) is 0 Å². The van der Waals surface area contributed by atoms with E-state index in [1.165, 1.54) is 0 Å². The van der Waals surface area contributed by atoms with Crippen LogP contribution in [0.15, 0.2) is 54.6 Å². The molecule has 1 heterocycles. The molecule has 1 saturated heterocycles. The monoisotopic (exact) mass is 493 g/mol. The van der Waals surface area contributed by atoms with Crippen LogP contribution in [0.5, 0.6) is 0 Å². The van der Waals surface area contributed by atoms with Crippen molar-refractivity contribution in [2.24, 2.45) is 5.73 Å². The summed E-state index contributed by atoms with van der Waals surface area (Å²) in [6.07, 6.45) is 0.852. The molecule has 2 aromatic rings. The Kier molecular flexibility index (Phi) is 8.68. The van der Waals surface area contributed by atoms with Gasteiger partial charge in [0, 0.05) is 25.1 Å². The van der Waals surface area contributed by atoms with Crippen LogP contribution < -0.4 is 16.4 Å².